The lowest BCUT2D eigenvalue weighted by molar-refractivity contribution is 0.506. The van der Waals surface area contributed by atoms with Crippen molar-refractivity contribution in [3.63, 3.8) is 0 Å². The molecule has 0 bridgehead atoms. The van der Waals surface area contributed by atoms with Gasteiger partial charge in [0.1, 0.15) is 5.69 Å². The summed E-state index contributed by atoms with van der Waals surface area (Å²) in [5.74, 6) is 5.58. The molecule has 0 aliphatic carbocycles. The van der Waals surface area contributed by atoms with Gasteiger partial charge < -0.3 is 0 Å². The normalized spacial score (nSPS) is 12.8. The number of hydrogen-bond acceptors (Lipinski definition) is 5. The first-order valence-electron chi connectivity index (χ1n) is 6.15. The van der Waals surface area contributed by atoms with E-state index in [4.69, 9.17) is 5.84 Å². The lowest BCUT2D eigenvalue weighted by Gasteiger charge is -2.13. The summed E-state index contributed by atoms with van der Waals surface area (Å²) < 4.78 is 2.00. The zero-order chi connectivity index (χ0) is 13.0. The highest BCUT2D eigenvalue weighted by Gasteiger charge is 2.16. The van der Waals surface area contributed by atoms with Crippen molar-refractivity contribution in [1.29, 1.82) is 0 Å². The highest BCUT2D eigenvalue weighted by Crippen LogP contribution is 2.16. The number of nitrogens with zero attached hydrogens (tertiary/aromatic N) is 4. The topological polar surface area (TPSA) is 97.4 Å². The van der Waals surface area contributed by atoms with Gasteiger partial charge in [0.15, 0.2) is 0 Å². The van der Waals surface area contributed by atoms with Crippen LogP contribution in [0.1, 0.15) is 37.0 Å². The zero-order valence-corrected chi connectivity index (χ0v) is 10.7. The van der Waals surface area contributed by atoms with Gasteiger partial charge in [0.25, 0.3) is 0 Å². The number of H-pyrrole nitrogens is 1. The average molecular weight is 249 g/mol. The van der Waals surface area contributed by atoms with E-state index in [1.54, 1.807) is 6.20 Å². The number of rotatable bonds is 6. The number of nitrogens with one attached hydrogen (secondary N) is 2. The molecule has 0 radical (unpaired) electrons. The molecule has 18 heavy (non-hydrogen) atoms. The van der Waals surface area contributed by atoms with Gasteiger partial charge in [-0.15, -0.1) is 0 Å². The average Bonchev–Trinajstić information content (AvgIpc) is 3.04. The Morgan fingerprint density at radius 2 is 2.33 bits per heavy atom. The van der Waals surface area contributed by atoms with E-state index in [9.17, 15) is 0 Å². The van der Waals surface area contributed by atoms with Crippen LogP contribution in [0.4, 0.5) is 0 Å². The SMILES string of the molecule is CCc1cc(CC(NN)c2cn[nH]n2)n(CC)n1. The van der Waals surface area contributed by atoms with Crippen molar-refractivity contribution in [2.75, 3.05) is 0 Å². The second kappa shape index (κ2) is 5.74. The van der Waals surface area contributed by atoms with Crippen molar-refractivity contribution in [2.45, 2.75) is 39.3 Å². The molecule has 7 heteroatoms. The number of hydrazine groups is 1. The van der Waals surface area contributed by atoms with E-state index in [2.05, 4.69) is 45.8 Å². The Hall–Kier alpha value is -1.73. The lowest BCUT2D eigenvalue weighted by Crippen LogP contribution is -2.30. The summed E-state index contributed by atoms with van der Waals surface area (Å²) in [6, 6.07) is 2.06. The predicted molar refractivity (Wildman–Crippen MR) is 67.4 cm³/mol. The second-order valence-corrected chi connectivity index (χ2v) is 4.11. The third kappa shape index (κ3) is 2.57. The Morgan fingerprint density at radius 1 is 1.50 bits per heavy atom. The molecule has 2 aromatic heterocycles. The summed E-state index contributed by atoms with van der Waals surface area (Å²) in [4.78, 5) is 0. The van der Waals surface area contributed by atoms with Gasteiger partial charge in [0.05, 0.1) is 17.9 Å². The molecule has 0 saturated heterocycles. The van der Waals surface area contributed by atoms with Gasteiger partial charge in [-0.3, -0.25) is 16.0 Å². The van der Waals surface area contributed by atoms with Gasteiger partial charge in [0.2, 0.25) is 0 Å². The van der Waals surface area contributed by atoms with E-state index in [1.165, 1.54) is 0 Å². The monoisotopic (exact) mass is 249 g/mol. The Labute approximate surface area is 106 Å². The number of nitrogens with two attached hydrogens (primary N) is 1. The molecule has 1 atom stereocenters. The number of aromatic nitrogens is 5. The molecule has 1 unspecified atom stereocenters. The molecular weight excluding hydrogens is 230 g/mol. The van der Waals surface area contributed by atoms with Gasteiger partial charge in [0, 0.05) is 18.7 Å². The number of aryl methyl sites for hydroxylation is 2. The van der Waals surface area contributed by atoms with Gasteiger partial charge in [-0.25, -0.2) is 0 Å². The molecule has 0 fully saturated rings. The van der Waals surface area contributed by atoms with E-state index >= 15 is 0 Å². The fraction of sp³-hybridized carbons (Fsp3) is 0.545. The first-order valence-corrected chi connectivity index (χ1v) is 6.15. The van der Waals surface area contributed by atoms with Gasteiger partial charge in [-0.05, 0) is 19.4 Å². The Bertz CT molecular complexity index is 474. The fourth-order valence-electron chi connectivity index (χ4n) is 1.96. The van der Waals surface area contributed by atoms with Crippen LogP contribution in [0.25, 0.3) is 0 Å². The molecular formula is C11H19N7. The maximum absolute atomic E-state index is 5.58. The van der Waals surface area contributed by atoms with Crippen LogP contribution in [0, 0.1) is 0 Å². The van der Waals surface area contributed by atoms with Crippen LogP contribution in [-0.4, -0.2) is 25.2 Å². The number of hydrogen-bond donors (Lipinski definition) is 3. The van der Waals surface area contributed by atoms with Crippen LogP contribution in [0.2, 0.25) is 0 Å². The standard InChI is InChI=1S/C11H19N7/c1-3-8-5-9(18(4-2)16-8)6-10(14-12)11-7-13-17-15-11/h5,7,10,14H,3-4,6,12H2,1-2H3,(H,13,15,17). The summed E-state index contributed by atoms with van der Waals surface area (Å²) in [6.45, 7) is 5.03. The molecule has 0 aliphatic heterocycles. The predicted octanol–water partition coefficient (Wildman–Crippen LogP) is 0.331. The smallest absolute Gasteiger partial charge is 0.101 e. The van der Waals surface area contributed by atoms with E-state index in [1.807, 2.05) is 4.68 Å². The van der Waals surface area contributed by atoms with E-state index < -0.39 is 0 Å². The summed E-state index contributed by atoms with van der Waals surface area (Å²) in [6.07, 6.45) is 3.35. The minimum absolute atomic E-state index is 0.0598. The third-order valence-electron chi connectivity index (χ3n) is 2.98. The van der Waals surface area contributed by atoms with Crippen molar-refractivity contribution < 1.29 is 0 Å². The number of aromatic amines is 1. The molecule has 0 amide bonds. The minimum Gasteiger partial charge on any atom is -0.271 e. The molecule has 4 N–H and O–H groups in total. The van der Waals surface area contributed by atoms with Crippen molar-refractivity contribution >= 4 is 0 Å². The van der Waals surface area contributed by atoms with Gasteiger partial charge >= 0.3 is 0 Å². The first-order chi connectivity index (χ1) is 8.78. The summed E-state index contributed by atoms with van der Waals surface area (Å²) in [5.41, 5.74) is 5.83. The summed E-state index contributed by atoms with van der Waals surface area (Å²) in [5, 5.41) is 15.0. The van der Waals surface area contributed by atoms with Crippen LogP contribution in [-0.2, 0) is 19.4 Å². The molecule has 2 heterocycles. The molecule has 0 aliphatic rings. The van der Waals surface area contributed by atoms with E-state index in [0.717, 1.165) is 36.5 Å². The first kappa shape index (κ1) is 12.7. The molecule has 2 rings (SSSR count). The van der Waals surface area contributed by atoms with Gasteiger partial charge in [-0.2, -0.15) is 20.5 Å². The Kier molecular flexibility index (Phi) is 4.06. The van der Waals surface area contributed by atoms with Gasteiger partial charge in [-0.1, -0.05) is 6.92 Å². The van der Waals surface area contributed by atoms with E-state index in [-0.39, 0.29) is 6.04 Å². The van der Waals surface area contributed by atoms with Crippen LogP contribution in [0.5, 0.6) is 0 Å². The molecule has 0 spiro atoms. The Morgan fingerprint density at radius 3 is 2.89 bits per heavy atom. The molecule has 98 valence electrons. The molecule has 0 saturated carbocycles. The molecule has 0 aromatic carbocycles. The second-order valence-electron chi connectivity index (χ2n) is 4.11. The highest BCUT2D eigenvalue weighted by molar-refractivity contribution is 5.14. The third-order valence-corrected chi connectivity index (χ3v) is 2.98. The van der Waals surface area contributed by atoms with Crippen LogP contribution >= 0.6 is 0 Å². The van der Waals surface area contributed by atoms with Crippen molar-refractivity contribution in [3.05, 3.63) is 29.3 Å². The fourth-order valence-corrected chi connectivity index (χ4v) is 1.96. The van der Waals surface area contributed by atoms with Crippen LogP contribution in [0.3, 0.4) is 0 Å². The Balaban J connectivity index is 2.19. The lowest BCUT2D eigenvalue weighted by atomic mass is 10.1. The van der Waals surface area contributed by atoms with E-state index in [0.29, 0.717) is 0 Å². The summed E-state index contributed by atoms with van der Waals surface area (Å²) >= 11 is 0. The zero-order valence-electron chi connectivity index (χ0n) is 10.7. The van der Waals surface area contributed by atoms with Crippen LogP contribution in [0.15, 0.2) is 12.3 Å². The van der Waals surface area contributed by atoms with Crippen molar-refractivity contribution in [3.8, 4) is 0 Å². The minimum atomic E-state index is -0.0598. The molecule has 2 aromatic rings. The highest BCUT2D eigenvalue weighted by atomic mass is 15.3. The van der Waals surface area contributed by atoms with Crippen molar-refractivity contribution in [2.24, 2.45) is 5.84 Å². The van der Waals surface area contributed by atoms with Crippen LogP contribution < -0.4 is 11.3 Å². The quantitative estimate of drug-likeness (QED) is 0.506. The largest absolute Gasteiger partial charge is 0.271 e. The molecule has 7 nitrogen and oxygen atoms in total. The van der Waals surface area contributed by atoms with Crippen molar-refractivity contribution in [1.82, 2.24) is 30.6 Å². The maximum Gasteiger partial charge on any atom is 0.101 e. The maximum atomic E-state index is 5.58. The summed E-state index contributed by atoms with van der Waals surface area (Å²) in [7, 11) is 0.